The number of nitrogens with one attached hydrogen (secondary N) is 1. The summed E-state index contributed by atoms with van der Waals surface area (Å²) in [6.45, 7) is 7.39. The van der Waals surface area contributed by atoms with Crippen LogP contribution in [0.15, 0.2) is 53.5 Å². The van der Waals surface area contributed by atoms with Gasteiger partial charge >= 0.3 is 17.8 Å². The van der Waals surface area contributed by atoms with Crippen LogP contribution in [0.3, 0.4) is 0 Å². The molecule has 5 saturated heterocycles. The molecule has 8 heterocycles. The van der Waals surface area contributed by atoms with Gasteiger partial charge in [-0.1, -0.05) is 13.0 Å². The molecule has 3 amide bonds. The number of aromatic hydroxyl groups is 1. The number of anilines is 1. The molecule has 0 bridgehead atoms. The molecule has 76 heavy (non-hydrogen) atoms. The second-order valence-electron chi connectivity index (χ2n) is 21.8. The highest BCUT2D eigenvalue weighted by molar-refractivity contribution is 6.02. The molecule has 5 aliphatic heterocycles. The van der Waals surface area contributed by atoms with E-state index in [0.717, 1.165) is 57.9 Å². The van der Waals surface area contributed by atoms with Crippen LogP contribution in [0.25, 0.3) is 44.0 Å². The minimum Gasteiger partial charge on any atom is -0.508 e. The van der Waals surface area contributed by atoms with Crippen molar-refractivity contribution in [3.63, 3.8) is 0 Å². The van der Waals surface area contributed by atoms with E-state index in [0.29, 0.717) is 95.7 Å². The Bertz CT molecular complexity index is 3320. The molecule has 11 rings (SSSR count). The van der Waals surface area contributed by atoms with E-state index in [2.05, 4.69) is 20.2 Å². The Balaban J connectivity index is 0.707. The minimum absolute atomic E-state index is 0.00637. The van der Waals surface area contributed by atoms with Gasteiger partial charge in [0, 0.05) is 63.5 Å². The number of amides is 3. The van der Waals surface area contributed by atoms with E-state index in [4.69, 9.17) is 19.2 Å². The quantitative estimate of drug-likeness (QED) is 0.0716. The maximum atomic E-state index is 17.2. The number of hydrogen-bond acceptors (Lipinski definition) is 14. The monoisotopic (exact) mass is 1050 g/mol. The largest absolute Gasteiger partial charge is 0.508 e. The molecule has 3 aromatic carbocycles. The van der Waals surface area contributed by atoms with Gasteiger partial charge in [-0.15, -0.1) is 0 Å². The zero-order chi connectivity index (χ0) is 53.0. The molecule has 0 spiro atoms. The molecule has 0 radical (unpaired) electrons. The zero-order valence-corrected chi connectivity index (χ0v) is 43.3. The third-order valence-electron chi connectivity index (χ3n) is 16.8. The van der Waals surface area contributed by atoms with Crippen LogP contribution in [0.1, 0.15) is 103 Å². The Morgan fingerprint density at radius 2 is 1.75 bits per heavy atom. The maximum absolute atomic E-state index is 17.2. The fourth-order valence-electron chi connectivity index (χ4n) is 12.8. The van der Waals surface area contributed by atoms with Gasteiger partial charge in [-0.05, 0) is 143 Å². The number of β-amino-alcohol motifs (C(OH)–C–C–N with tert-alkyl or cyclic N) is 1. The highest BCUT2D eigenvalue weighted by atomic mass is 19.1. The van der Waals surface area contributed by atoms with Crippen LogP contribution in [-0.4, -0.2) is 132 Å². The van der Waals surface area contributed by atoms with E-state index in [-0.39, 0.29) is 90.4 Å². The smallest absolute Gasteiger partial charge is 0.409 e. The van der Waals surface area contributed by atoms with E-state index >= 15 is 8.78 Å². The summed E-state index contributed by atoms with van der Waals surface area (Å²) in [7, 11) is 1.66. The van der Waals surface area contributed by atoms with Crippen molar-refractivity contribution in [2.75, 3.05) is 57.4 Å². The number of fused-ring (bicyclic) bond motifs is 4. The second kappa shape index (κ2) is 20.5. The molecule has 402 valence electrons. The number of pyridine rings is 1. The molecule has 0 saturated carbocycles. The number of phenols is 1. The van der Waals surface area contributed by atoms with Crippen molar-refractivity contribution in [1.29, 1.82) is 0 Å². The van der Waals surface area contributed by atoms with Gasteiger partial charge in [-0.3, -0.25) is 33.9 Å². The molecule has 5 aliphatic rings. The Hall–Kier alpha value is -6.93. The predicted octanol–water partition coefficient (Wildman–Crippen LogP) is 7.46. The molecule has 20 heteroatoms. The Morgan fingerprint density at radius 1 is 0.934 bits per heavy atom. The Kier molecular flexibility index (Phi) is 13.8. The van der Waals surface area contributed by atoms with E-state index in [1.165, 1.54) is 33.5 Å². The number of aliphatic hydroxyl groups is 1. The number of aromatic nitrogens is 5. The number of aryl methyl sites for hydroxylation is 2. The van der Waals surface area contributed by atoms with Crippen LogP contribution in [0.5, 0.6) is 17.5 Å². The van der Waals surface area contributed by atoms with E-state index < -0.39 is 29.2 Å². The van der Waals surface area contributed by atoms with Crippen LogP contribution in [0.2, 0.25) is 0 Å². The molecular weight excluding hydrogens is 981 g/mol. The van der Waals surface area contributed by atoms with Gasteiger partial charge in [0.05, 0.1) is 34.2 Å². The van der Waals surface area contributed by atoms with E-state index in [1.54, 1.807) is 43.1 Å². The number of carbonyl (C=O) groups is 3. The lowest BCUT2D eigenvalue weighted by Crippen LogP contribution is -2.48. The third kappa shape index (κ3) is 9.66. The number of halogens is 2. The molecule has 18 nitrogen and oxygen atoms in total. The van der Waals surface area contributed by atoms with Crippen molar-refractivity contribution >= 4 is 56.4 Å². The average molecular weight is 1050 g/mol. The summed E-state index contributed by atoms with van der Waals surface area (Å²) in [4.78, 5) is 71.2. The van der Waals surface area contributed by atoms with Crippen LogP contribution in [0, 0.1) is 17.6 Å². The van der Waals surface area contributed by atoms with Gasteiger partial charge < -0.3 is 34.2 Å². The number of rotatable bonds is 14. The standard InChI is InChI=1S/C56H65F2N9O9/c1-4-38-41(57)11-9-34-26-36(68)27-39(46(34)38)48-47(58)49-40(29-59-48)50(65-21-6-18-55(2,73)31-65)62-52(61-49)76-32-56-19-7-22-66(56)35(15-20-56)30-75-54(72)64-23-16-33(17-24-64)8-5-25-74-37-10-12-42-44(28-37)63(3)53(71)67(42)43-13-14-45(69)60-51(43)70/h9-12,26-29,33,35,43,68,73H,4-8,13-25,30-32H2,1-3H3,(H,60,69,70)/t35-,43?,55+,56+/m0/s1. The second-order valence-corrected chi connectivity index (χ2v) is 21.8. The van der Waals surface area contributed by atoms with Crippen LogP contribution in [0.4, 0.5) is 19.4 Å². The molecule has 6 aromatic rings. The van der Waals surface area contributed by atoms with Crippen molar-refractivity contribution in [1.82, 2.24) is 39.2 Å². The molecular formula is C56H65F2N9O9. The average Bonchev–Trinajstić information content (AvgIpc) is 4.06. The summed E-state index contributed by atoms with van der Waals surface area (Å²) in [6.07, 6.45) is 10.1. The van der Waals surface area contributed by atoms with Gasteiger partial charge in [-0.2, -0.15) is 9.97 Å². The number of imidazole rings is 1. The molecule has 3 N–H and O–H groups in total. The lowest BCUT2D eigenvalue weighted by Gasteiger charge is -2.38. The Labute approximate surface area is 437 Å². The molecule has 4 atom stereocenters. The maximum Gasteiger partial charge on any atom is 0.409 e. The first-order valence-electron chi connectivity index (χ1n) is 26.9. The summed E-state index contributed by atoms with van der Waals surface area (Å²) in [5.74, 6) is -0.687. The van der Waals surface area contributed by atoms with Crippen molar-refractivity contribution in [2.45, 2.75) is 121 Å². The first-order chi connectivity index (χ1) is 36.6. The van der Waals surface area contributed by atoms with Crippen molar-refractivity contribution < 1.29 is 47.6 Å². The number of ether oxygens (including phenoxy) is 3. The SMILES string of the molecule is CCc1c(F)ccc2cc(O)cc(-c3ncc4c(N5CCC[C@@](C)(O)C5)nc(OC[C@]56CCCN5[C@H](COC(=O)N5CCC(CCCOc7ccc8c(c7)n(C)c(=O)n8C7CCC(=O)NC7=O)CC5)CC6)nc4c3F)c12. The zero-order valence-electron chi connectivity index (χ0n) is 43.3. The fourth-order valence-corrected chi connectivity index (χ4v) is 12.8. The number of carbonyl (C=O) groups excluding carboxylic acids is 3. The number of hydrogen-bond donors (Lipinski definition) is 3. The normalized spacial score (nSPS) is 23.4. The number of piperidine rings is 3. The molecule has 0 aliphatic carbocycles. The number of imide groups is 1. The lowest BCUT2D eigenvalue weighted by molar-refractivity contribution is -0.135. The number of likely N-dealkylation sites (tertiary alicyclic amines) is 1. The predicted molar refractivity (Wildman–Crippen MR) is 279 cm³/mol. The number of nitrogens with zero attached hydrogens (tertiary/aromatic N) is 8. The highest BCUT2D eigenvalue weighted by Gasteiger charge is 2.50. The van der Waals surface area contributed by atoms with Crippen molar-refractivity contribution in [3.05, 3.63) is 76.3 Å². The summed E-state index contributed by atoms with van der Waals surface area (Å²) in [6, 6.07) is 10.4. The molecule has 3 aromatic heterocycles. The summed E-state index contributed by atoms with van der Waals surface area (Å²) < 4.78 is 54.0. The van der Waals surface area contributed by atoms with Gasteiger partial charge in [0.1, 0.15) is 53.6 Å². The van der Waals surface area contributed by atoms with Gasteiger partial charge in [-0.25, -0.2) is 18.4 Å². The van der Waals surface area contributed by atoms with Crippen LogP contribution < -0.4 is 25.4 Å². The van der Waals surface area contributed by atoms with Crippen LogP contribution >= 0.6 is 0 Å². The summed E-state index contributed by atoms with van der Waals surface area (Å²) in [5.41, 5.74) is 0.0196. The van der Waals surface area contributed by atoms with Crippen LogP contribution in [-0.2, 0) is 27.8 Å². The van der Waals surface area contributed by atoms with E-state index in [9.17, 15) is 29.4 Å². The number of phenolic OH excluding ortho intramolecular Hbond substituents is 1. The molecule has 5 fully saturated rings. The Morgan fingerprint density at radius 3 is 2.54 bits per heavy atom. The molecule has 1 unspecified atom stereocenters. The van der Waals surface area contributed by atoms with Gasteiger partial charge in [0.25, 0.3) is 0 Å². The number of benzene rings is 3. The topological polar surface area (TPSA) is 207 Å². The third-order valence-corrected chi connectivity index (χ3v) is 16.8. The first kappa shape index (κ1) is 51.2. The first-order valence-corrected chi connectivity index (χ1v) is 26.9. The summed E-state index contributed by atoms with van der Waals surface area (Å²) in [5, 5.41) is 25.6. The minimum atomic E-state index is -1.01. The van der Waals surface area contributed by atoms with Gasteiger partial charge in [0.2, 0.25) is 11.8 Å². The van der Waals surface area contributed by atoms with Crippen molar-refractivity contribution in [2.24, 2.45) is 13.0 Å². The summed E-state index contributed by atoms with van der Waals surface area (Å²) >= 11 is 0. The van der Waals surface area contributed by atoms with E-state index in [1.807, 2.05) is 11.8 Å². The van der Waals surface area contributed by atoms with Crippen molar-refractivity contribution in [3.8, 4) is 28.8 Å². The lowest BCUT2D eigenvalue weighted by atomic mass is 9.92. The fraction of sp³-hybridized carbons (Fsp3) is 0.518. The highest BCUT2D eigenvalue weighted by Crippen LogP contribution is 2.44. The van der Waals surface area contributed by atoms with Gasteiger partial charge in [0.15, 0.2) is 5.82 Å².